The van der Waals surface area contributed by atoms with Crippen molar-refractivity contribution in [3.8, 4) is 11.6 Å². The first-order valence-electron chi connectivity index (χ1n) is 6.29. The van der Waals surface area contributed by atoms with Crippen LogP contribution in [-0.4, -0.2) is 9.97 Å². The van der Waals surface area contributed by atoms with E-state index >= 15 is 0 Å². The van der Waals surface area contributed by atoms with Gasteiger partial charge in [-0.05, 0) is 48.9 Å². The molecule has 0 radical (unpaired) electrons. The molecule has 20 heavy (non-hydrogen) atoms. The SMILES string of the molecule is Cc1ncc(Oc2ccc3cc(Br)ccc3c2)nc1C. The van der Waals surface area contributed by atoms with E-state index < -0.39 is 0 Å². The second kappa shape index (κ2) is 5.21. The van der Waals surface area contributed by atoms with Crippen LogP contribution in [0.15, 0.2) is 47.1 Å². The van der Waals surface area contributed by atoms with Gasteiger partial charge in [-0.3, -0.25) is 4.98 Å². The summed E-state index contributed by atoms with van der Waals surface area (Å²) in [5, 5.41) is 2.29. The van der Waals surface area contributed by atoms with Gasteiger partial charge in [0.15, 0.2) is 0 Å². The fraction of sp³-hybridized carbons (Fsp3) is 0.125. The van der Waals surface area contributed by atoms with Crippen molar-refractivity contribution < 1.29 is 4.74 Å². The molecule has 1 aromatic heterocycles. The largest absolute Gasteiger partial charge is 0.437 e. The van der Waals surface area contributed by atoms with Crippen LogP contribution < -0.4 is 4.74 Å². The van der Waals surface area contributed by atoms with Crippen LogP contribution in [0.5, 0.6) is 11.6 Å². The van der Waals surface area contributed by atoms with Gasteiger partial charge in [-0.25, -0.2) is 4.98 Å². The van der Waals surface area contributed by atoms with E-state index in [9.17, 15) is 0 Å². The van der Waals surface area contributed by atoms with Crippen LogP contribution in [0, 0.1) is 13.8 Å². The molecule has 0 aliphatic rings. The molecule has 3 nitrogen and oxygen atoms in total. The molecule has 0 amide bonds. The highest BCUT2D eigenvalue weighted by Crippen LogP contribution is 2.26. The Morgan fingerprint density at radius 3 is 2.50 bits per heavy atom. The maximum absolute atomic E-state index is 5.77. The Morgan fingerprint density at radius 2 is 1.70 bits per heavy atom. The quantitative estimate of drug-likeness (QED) is 0.677. The number of rotatable bonds is 2. The van der Waals surface area contributed by atoms with Gasteiger partial charge in [0.05, 0.1) is 17.6 Å². The van der Waals surface area contributed by atoms with Crippen LogP contribution in [0.3, 0.4) is 0 Å². The number of nitrogens with zero attached hydrogens (tertiary/aromatic N) is 2. The third-order valence-corrected chi connectivity index (χ3v) is 3.66. The van der Waals surface area contributed by atoms with E-state index in [0.29, 0.717) is 5.88 Å². The Morgan fingerprint density at radius 1 is 0.950 bits per heavy atom. The van der Waals surface area contributed by atoms with Gasteiger partial charge in [0.25, 0.3) is 0 Å². The summed E-state index contributed by atoms with van der Waals surface area (Å²) in [6.07, 6.45) is 1.65. The first-order valence-corrected chi connectivity index (χ1v) is 7.08. The average Bonchev–Trinajstić information content (AvgIpc) is 2.43. The highest BCUT2D eigenvalue weighted by Gasteiger charge is 2.03. The first-order chi connectivity index (χ1) is 9.61. The zero-order valence-electron chi connectivity index (χ0n) is 11.2. The number of aromatic nitrogens is 2. The van der Waals surface area contributed by atoms with Crippen LogP contribution in [0.2, 0.25) is 0 Å². The lowest BCUT2D eigenvalue weighted by Crippen LogP contribution is -1.95. The summed E-state index contributed by atoms with van der Waals surface area (Å²) in [6.45, 7) is 3.85. The molecule has 0 N–H and O–H groups in total. The van der Waals surface area contributed by atoms with Crippen molar-refractivity contribution in [2.24, 2.45) is 0 Å². The summed E-state index contributed by atoms with van der Waals surface area (Å²) in [5.74, 6) is 1.28. The highest BCUT2D eigenvalue weighted by molar-refractivity contribution is 9.10. The molecular formula is C16H13BrN2O. The number of hydrogen-bond donors (Lipinski definition) is 0. The molecule has 100 valence electrons. The maximum atomic E-state index is 5.77. The molecular weight excluding hydrogens is 316 g/mol. The Balaban J connectivity index is 1.94. The van der Waals surface area contributed by atoms with Crippen molar-refractivity contribution in [1.82, 2.24) is 9.97 Å². The van der Waals surface area contributed by atoms with Gasteiger partial charge in [-0.2, -0.15) is 0 Å². The molecule has 0 unspecified atom stereocenters. The number of aryl methyl sites for hydroxylation is 2. The molecule has 0 bridgehead atoms. The second-order valence-electron chi connectivity index (χ2n) is 4.63. The summed E-state index contributed by atoms with van der Waals surface area (Å²) in [5.41, 5.74) is 1.80. The lowest BCUT2D eigenvalue weighted by Gasteiger charge is -2.07. The average molecular weight is 329 g/mol. The summed E-state index contributed by atoms with van der Waals surface area (Å²) in [4.78, 5) is 8.63. The van der Waals surface area contributed by atoms with Gasteiger partial charge in [0.1, 0.15) is 5.75 Å². The van der Waals surface area contributed by atoms with E-state index in [1.807, 2.05) is 38.1 Å². The van der Waals surface area contributed by atoms with Crippen molar-refractivity contribution in [3.05, 3.63) is 58.5 Å². The van der Waals surface area contributed by atoms with Gasteiger partial charge < -0.3 is 4.74 Å². The van der Waals surface area contributed by atoms with Crippen LogP contribution in [-0.2, 0) is 0 Å². The smallest absolute Gasteiger partial charge is 0.238 e. The van der Waals surface area contributed by atoms with E-state index in [1.165, 1.54) is 0 Å². The van der Waals surface area contributed by atoms with Gasteiger partial charge in [-0.15, -0.1) is 0 Å². The molecule has 0 saturated carbocycles. The summed E-state index contributed by atoms with van der Waals surface area (Å²) in [6, 6.07) is 12.1. The molecule has 4 heteroatoms. The monoisotopic (exact) mass is 328 g/mol. The van der Waals surface area contributed by atoms with Crippen LogP contribution in [0.1, 0.15) is 11.4 Å². The van der Waals surface area contributed by atoms with Crippen LogP contribution in [0.4, 0.5) is 0 Å². The van der Waals surface area contributed by atoms with E-state index in [4.69, 9.17) is 4.74 Å². The minimum atomic E-state index is 0.518. The van der Waals surface area contributed by atoms with E-state index in [1.54, 1.807) is 6.20 Å². The number of benzene rings is 2. The lowest BCUT2D eigenvalue weighted by atomic mass is 10.1. The van der Waals surface area contributed by atoms with Gasteiger partial charge >= 0.3 is 0 Å². The van der Waals surface area contributed by atoms with E-state index in [2.05, 4.69) is 38.0 Å². The van der Waals surface area contributed by atoms with Gasteiger partial charge in [0.2, 0.25) is 5.88 Å². The van der Waals surface area contributed by atoms with Crippen molar-refractivity contribution >= 4 is 26.7 Å². The molecule has 0 aliphatic heterocycles. The lowest BCUT2D eigenvalue weighted by molar-refractivity contribution is 0.458. The number of fused-ring (bicyclic) bond motifs is 1. The molecule has 2 aromatic carbocycles. The van der Waals surface area contributed by atoms with Crippen LogP contribution >= 0.6 is 15.9 Å². The number of ether oxygens (including phenoxy) is 1. The van der Waals surface area contributed by atoms with Gasteiger partial charge in [-0.1, -0.05) is 28.1 Å². The number of halogens is 1. The minimum Gasteiger partial charge on any atom is -0.437 e. The second-order valence-corrected chi connectivity index (χ2v) is 5.55. The summed E-state index contributed by atoms with van der Waals surface area (Å²) >= 11 is 3.47. The summed E-state index contributed by atoms with van der Waals surface area (Å²) in [7, 11) is 0. The fourth-order valence-corrected chi connectivity index (χ4v) is 2.33. The highest BCUT2D eigenvalue weighted by atomic mass is 79.9. The molecule has 0 saturated heterocycles. The first kappa shape index (κ1) is 13.1. The predicted octanol–water partition coefficient (Wildman–Crippen LogP) is 4.80. The zero-order chi connectivity index (χ0) is 14.1. The predicted molar refractivity (Wildman–Crippen MR) is 83.2 cm³/mol. The molecule has 3 aromatic rings. The molecule has 0 aliphatic carbocycles. The standard InChI is InChI=1S/C16H13BrN2O/c1-10-11(2)19-16(9-18-10)20-15-6-4-12-7-14(17)5-3-13(12)8-15/h3-9H,1-2H3. The normalized spacial score (nSPS) is 10.8. The minimum absolute atomic E-state index is 0.518. The van der Waals surface area contributed by atoms with E-state index in [0.717, 1.165) is 32.4 Å². The van der Waals surface area contributed by atoms with Crippen LogP contribution in [0.25, 0.3) is 10.8 Å². The van der Waals surface area contributed by atoms with Crippen molar-refractivity contribution in [3.63, 3.8) is 0 Å². The van der Waals surface area contributed by atoms with E-state index in [-0.39, 0.29) is 0 Å². The Labute approximate surface area is 125 Å². The van der Waals surface area contributed by atoms with Crippen molar-refractivity contribution in [1.29, 1.82) is 0 Å². The topological polar surface area (TPSA) is 35.0 Å². The van der Waals surface area contributed by atoms with Crippen molar-refractivity contribution in [2.75, 3.05) is 0 Å². The fourth-order valence-electron chi connectivity index (χ4n) is 1.95. The molecule has 0 fully saturated rings. The Kier molecular flexibility index (Phi) is 3.40. The molecule has 0 atom stereocenters. The third-order valence-electron chi connectivity index (χ3n) is 3.17. The zero-order valence-corrected chi connectivity index (χ0v) is 12.8. The third kappa shape index (κ3) is 2.65. The molecule has 0 spiro atoms. The Hall–Kier alpha value is -1.94. The molecule has 1 heterocycles. The van der Waals surface area contributed by atoms with Crippen molar-refractivity contribution in [2.45, 2.75) is 13.8 Å². The molecule has 3 rings (SSSR count). The maximum Gasteiger partial charge on any atom is 0.238 e. The van der Waals surface area contributed by atoms with Gasteiger partial charge in [0, 0.05) is 4.47 Å². The summed E-state index contributed by atoms with van der Waals surface area (Å²) < 4.78 is 6.84. The number of hydrogen-bond acceptors (Lipinski definition) is 3. The Bertz CT molecular complexity index is 787.